The fourth-order valence-electron chi connectivity index (χ4n) is 1.28. The highest BCUT2D eigenvalue weighted by atomic mass is 35.5. The van der Waals surface area contributed by atoms with Gasteiger partial charge in [-0.3, -0.25) is 0 Å². The lowest BCUT2D eigenvalue weighted by Crippen LogP contribution is -1.73. The lowest BCUT2D eigenvalue weighted by molar-refractivity contribution is -0.107. The maximum atomic E-state index is 10.1. The van der Waals surface area contributed by atoms with Crippen LogP contribution in [0, 0.1) is 0 Å². The van der Waals surface area contributed by atoms with Crippen LogP contribution in [-0.4, -0.2) is 11.3 Å². The van der Waals surface area contributed by atoms with Crippen molar-refractivity contribution in [3.8, 4) is 0 Å². The summed E-state index contributed by atoms with van der Waals surface area (Å²) in [6.45, 7) is 0. The first-order valence-electron chi connectivity index (χ1n) is 4.46. The Hall–Kier alpha value is -1.19. The van der Waals surface area contributed by atoms with Crippen molar-refractivity contribution in [3.05, 3.63) is 34.3 Å². The van der Waals surface area contributed by atoms with Gasteiger partial charge < -0.3 is 4.79 Å². The van der Waals surface area contributed by atoms with Crippen molar-refractivity contribution in [1.29, 1.82) is 0 Å². The fraction of sp³-hybridized carbons (Fsp3) is 0.0909. The standard InChI is InChI=1S/C11H8ClNOS/c12-11-13-9-5-4-8(3-1-2-6-14)7-10(9)15-11/h1,3-7H,2H2. The Bertz CT molecular complexity index is 518. The molecule has 1 heterocycles. The molecular weight excluding hydrogens is 230 g/mol. The Morgan fingerprint density at radius 1 is 1.47 bits per heavy atom. The van der Waals surface area contributed by atoms with Crippen LogP contribution in [0.15, 0.2) is 24.3 Å². The molecule has 4 heteroatoms. The molecule has 0 fully saturated rings. The number of hydrogen-bond donors (Lipinski definition) is 0. The minimum Gasteiger partial charge on any atom is -0.303 e. The van der Waals surface area contributed by atoms with E-state index in [-0.39, 0.29) is 0 Å². The van der Waals surface area contributed by atoms with E-state index < -0.39 is 0 Å². The topological polar surface area (TPSA) is 30.0 Å². The van der Waals surface area contributed by atoms with E-state index in [4.69, 9.17) is 11.6 Å². The second kappa shape index (κ2) is 4.55. The number of hydrogen-bond acceptors (Lipinski definition) is 3. The molecule has 2 aromatic rings. The zero-order valence-corrected chi connectivity index (χ0v) is 9.39. The molecule has 1 aromatic carbocycles. The lowest BCUT2D eigenvalue weighted by atomic mass is 10.2. The molecule has 2 nitrogen and oxygen atoms in total. The Kier molecular flexibility index (Phi) is 3.14. The van der Waals surface area contributed by atoms with E-state index in [1.807, 2.05) is 30.4 Å². The summed E-state index contributed by atoms with van der Waals surface area (Å²) in [6.07, 6.45) is 5.07. The van der Waals surface area contributed by atoms with Gasteiger partial charge in [-0.05, 0) is 17.7 Å². The summed E-state index contributed by atoms with van der Waals surface area (Å²) >= 11 is 7.26. The third-order valence-corrected chi connectivity index (χ3v) is 3.05. The van der Waals surface area contributed by atoms with Gasteiger partial charge in [0.05, 0.1) is 10.2 Å². The largest absolute Gasteiger partial charge is 0.303 e. The minimum atomic E-state index is 0.446. The quantitative estimate of drug-likeness (QED) is 0.765. The van der Waals surface area contributed by atoms with Crippen molar-refractivity contribution in [2.75, 3.05) is 0 Å². The number of carbonyl (C=O) groups excluding carboxylic acids is 1. The summed E-state index contributed by atoms with van der Waals surface area (Å²) in [4.78, 5) is 14.3. The van der Waals surface area contributed by atoms with Gasteiger partial charge in [-0.25, -0.2) is 4.98 Å². The Morgan fingerprint density at radius 2 is 2.33 bits per heavy atom. The summed E-state index contributed by atoms with van der Waals surface area (Å²) in [5.41, 5.74) is 1.97. The first-order chi connectivity index (χ1) is 7.29. The molecule has 0 atom stereocenters. The van der Waals surface area contributed by atoms with Gasteiger partial charge in [-0.15, -0.1) is 11.3 Å². The highest BCUT2D eigenvalue weighted by Crippen LogP contribution is 2.26. The van der Waals surface area contributed by atoms with Crippen LogP contribution in [0.3, 0.4) is 0 Å². The number of nitrogens with zero attached hydrogens (tertiary/aromatic N) is 1. The molecule has 0 aliphatic carbocycles. The Balaban J connectivity index is 2.33. The first-order valence-corrected chi connectivity index (χ1v) is 5.65. The monoisotopic (exact) mass is 237 g/mol. The fourth-order valence-corrected chi connectivity index (χ4v) is 2.36. The van der Waals surface area contributed by atoms with E-state index in [0.29, 0.717) is 10.9 Å². The van der Waals surface area contributed by atoms with E-state index in [1.54, 1.807) is 0 Å². The second-order valence-corrected chi connectivity index (χ2v) is 4.61. The number of thiazole rings is 1. The molecule has 0 aliphatic heterocycles. The van der Waals surface area contributed by atoms with E-state index in [2.05, 4.69) is 4.98 Å². The predicted molar refractivity (Wildman–Crippen MR) is 64.3 cm³/mol. The summed E-state index contributed by atoms with van der Waals surface area (Å²) < 4.78 is 1.62. The molecule has 1 aromatic heterocycles. The van der Waals surface area contributed by atoms with Crippen molar-refractivity contribution in [2.24, 2.45) is 0 Å². The maximum Gasteiger partial charge on any atom is 0.184 e. The molecule has 0 spiro atoms. The van der Waals surface area contributed by atoms with Gasteiger partial charge in [0.25, 0.3) is 0 Å². The zero-order valence-electron chi connectivity index (χ0n) is 7.81. The Morgan fingerprint density at radius 3 is 3.13 bits per heavy atom. The molecule has 0 amide bonds. The molecule has 0 saturated carbocycles. The average Bonchev–Trinajstić information content (AvgIpc) is 2.57. The molecule has 0 N–H and O–H groups in total. The summed E-state index contributed by atoms with van der Waals surface area (Å²) in [7, 11) is 0. The van der Waals surface area contributed by atoms with E-state index >= 15 is 0 Å². The van der Waals surface area contributed by atoms with Crippen LogP contribution < -0.4 is 0 Å². The molecule has 76 valence electrons. The maximum absolute atomic E-state index is 10.1. The van der Waals surface area contributed by atoms with Gasteiger partial charge in [-0.1, -0.05) is 29.8 Å². The number of carbonyl (C=O) groups is 1. The Labute approximate surface area is 96.2 Å². The number of fused-ring (bicyclic) bond motifs is 1. The van der Waals surface area contributed by atoms with Crippen molar-refractivity contribution in [3.63, 3.8) is 0 Å². The molecule has 2 rings (SSSR count). The lowest BCUT2D eigenvalue weighted by Gasteiger charge is -1.91. The second-order valence-electron chi connectivity index (χ2n) is 3.00. The van der Waals surface area contributed by atoms with Gasteiger partial charge in [0.2, 0.25) is 0 Å². The molecular formula is C11H8ClNOS. The highest BCUT2D eigenvalue weighted by molar-refractivity contribution is 7.22. The van der Waals surface area contributed by atoms with Gasteiger partial charge in [-0.2, -0.15) is 0 Å². The third kappa shape index (κ3) is 2.43. The van der Waals surface area contributed by atoms with Gasteiger partial charge in [0.1, 0.15) is 6.29 Å². The number of aromatic nitrogens is 1. The smallest absolute Gasteiger partial charge is 0.184 e. The van der Waals surface area contributed by atoms with Crippen molar-refractivity contribution in [2.45, 2.75) is 6.42 Å². The van der Waals surface area contributed by atoms with E-state index in [0.717, 1.165) is 22.1 Å². The number of allylic oxidation sites excluding steroid dienone is 1. The van der Waals surface area contributed by atoms with Crippen molar-refractivity contribution in [1.82, 2.24) is 4.98 Å². The molecule has 0 aliphatic rings. The van der Waals surface area contributed by atoms with Gasteiger partial charge in [0.15, 0.2) is 4.47 Å². The average molecular weight is 238 g/mol. The van der Waals surface area contributed by atoms with Crippen LogP contribution >= 0.6 is 22.9 Å². The van der Waals surface area contributed by atoms with Crippen LogP contribution in [0.25, 0.3) is 16.3 Å². The van der Waals surface area contributed by atoms with Crippen LogP contribution in [0.4, 0.5) is 0 Å². The zero-order chi connectivity index (χ0) is 10.7. The van der Waals surface area contributed by atoms with Crippen LogP contribution in [-0.2, 0) is 4.79 Å². The highest BCUT2D eigenvalue weighted by Gasteiger charge is 2.00. The molecule has 0 bridgehead atoms. The molecule has 15 heavy (non-hydrogen) atoms. The molecule has 0 unspecified atom stereocenters. The van der Waals surface area contributed by atoms with E-state index in [1.165, 1.54) is 11.3 Å². The third-order valence-electron chi connectivity index (χ3n) is 1.93. The normalized spacial score (nSPS) is 11.3. The number of rotatable bonds is 3. The SMILES string of the molecule is O=CCC=Cc1ccc2nc(Cl)sc2c1. The number of halogens is 1. The van der Waals surface area contributed by atoms with Gasteiger partial charge in [0, 0.05) is 6.42 Å². The van der Waals surface area contributed by atoms with Gasteiger partial charge >= 0.3 is 0 Å². The summed E-state index contributed by atoms with van der Waals surface area (Å²) in [5.74, 6) is 0. The van der Waals surface area contributed by atoms with Crippen LogP contribution in [0.2, 0.25) is 4.47 Å². The van der Waals surface area contributed by atoms with E-state index in [9.17, 15) is 4.79 Å². The number of aldehydes is 1. The predicted octanol–water partition coefficient (Wildman–Crippen LogP) is 3.55. The minimum absolute atomic E-state index is 0.446. The molecule has 0 radical (unpaired) electrons. The van der Waals surface area contributed by atoms with Crippen molar-refractivity contribution >= 4 is 45.5 Å². The van der Waals surface area contributed by atoms with Crippen molar-refractivity contribution < 1.29 is 4.79 Å². The first kappa shape index (κ1) is 10.3. The number of benzene rings is 1. The summed E-state index contributed by atoms with van der Waals surface area (Å²) in [5, 5.41) is 0. The molecule has 0 saturated heterocycles. The summed E-state index contributed by atoms with van der Waals surface area (Å²) in [6, 6.07) is 5.90. The van der Waals surface area contributed by atoms with Crippen LogP contribution in [0.5, 0.6) is 0 Å². The van der Waals surface area contributed by atoms with Crippen LogP contribution in [0.1, 0.15) is 12.0 Å².